The second kappa shape index (κ2) is 3.72. The molecule has 2 N–H and O–H groups in total. The van der Waals surface area contributed by atoms with Gasteiger partial charge >= 0.3 is 5.97 Å². The van der Waals surface area contributed by atoms with Crippen LogP contribution >= 0.6 is 0 Å². The quantitative estimate of drug-likeness (QED) is 0.651. The van der Waals surface area contributed by atoms with E-state index in [1.165, 1.54) is 0 Å². The largest absolute Gasteiger partial charge is 0.481 e. The van der Waals surface area contributed by atoms with Crippen LogP contribution in [0.15, 0.2) is 0 Å². The number of hydrogen-bond donors (Lipinski definition) is 2. The van der Waals surface area contributed by atoms with Gasteiger partial charge in [-0.05, 0) is 11.8 Å². The molecule has 0 aromatic carbocycles. The van der Waals surface area contributed by atoms with E-state index in [0.717, 1.165) is 6.42 Å². The molecule has 0 heterocycles. The molecule has 11 heavy (non-hydrogen) atoms. The van der Waals surface area contributed by atoms with Crippen molar-refractivity contribution in [3.8, 4) is 0 Å². The molecule has 0 saturated heterocycles. The predicted molar refractivity (Wildman–Crippen MR) is 42.3 cm³/mol. The molecule has 0 aliphatic heterocycles. The van der Waals surface area contributed by atoms with Gasteiger partial charge in [0.05, 0.1) is 12.5 Å². The minimum Gasteiger partial charge on any atom is -0.481 e. The first-order valence-corrected chi connectivity index (χ1v) is 3.80. The maximum absolute atomic E-state index is 10.2. The average molecular weight is 160 g/mol. The molecule has 1 atom stereocenters. The van der Waals surface area contributed by atoms with Crippen molar-refractivity contribution in [2.24, 2.45) is 5.41 Å². The topological polar surface area (TPSA) is 57.5 Å². The summed E-state index contributed by atoms with van der Waals surface area (Å²) in [6.45, 7) is 5.66. The fourth-order valence-electron chi connectivity index (χ4n) is 0.677. The molecule has 0 saturated carbocycles. The van der Waals surface area contributed by atoms with E-state index in [2.05, 4.69) is 0 Å². The maximum Gasteiger partial charge on any atom is 0.305 e. The van der Waals surface area contributed by atoms with Gasteiger partial charge in [-0.2, -0.15) is 0 Å². The normalized spacial score (nSPS) is 14.5. The molecule has 3 heteroatoms. The number of aliphatic hydroxyl groups is 1. The van der Waals surface area contributed by atoms with Crippen LogP contribution in [-0.4, -0.2) is 22.3 Å². The highest BCUT2D eigenvalue weighted by molar-refractivity contribution is 5.67. The highest BCUT2D eigenvalue weighted by Gasteiger charge is 2.27. The Bertz CT molecular complexity index is 140. The van der Waals surface area contributed by atoms with Crippen LogP contribution in [0.25, 0.3) is 0 Å². The first-order valence-electron chi connectivity index (χ1n) is 3.80. The van der Waals surface area contributed by atoms with E-state index in [-0.39, 0.29) is 11.8 Å². The van der Waals surface area contributed by atoms with Crippen molar-refractivity contribution in [3.05, 3.63) is 0 Å². The van der Waals surface area contributed by atoms with Crippen LogP contribution in [0, 0.1) is 5.41 Å². The summed E-state index contributed by atoms with van der Waals surface area (Å²) >= 11 is 0. The van der Waals surface area contributed by atoms with E-state index in [1.807, 2.05) is 20.8 Å². The van der Waals surface area contributed by atoms with E-state index in [9.17, 15) is 9.90 Å². The van der Waals surface area contributed by atoms with Crippen LogP contribution in [0.5, 0.6) is 0 Å². The van der Waals surface area contributed by atoms with Crippen molar-refractivity contribution in [2.45, 2.75) is 39.7 Å². The number of carbonyl (C=O) groups is 1. The molecule has 0 amide bonds. The molecule has 0 radical (unpaired) electrons. The minimum absolute atomic E-state index is 0.166. The lowest BCUT2D eigenvalue weighted by molar-refractivity contribution is -0.141. The van der Waals surface area contributed by atoms with Gasteiger partial charge in [0.1, 0.15) is 0 Å². The predicted octanol–water partition coefficient (Wildman–Crippen LogP) is 1.26. The molecular formula is C8H16O3. The second-order valence-corrected chi connectivity index (χ2v) is 3.46. The van der Waals surface area contributed by atoms with Crippen molar-refractivity contribution in [3.63, 3.8) is 0 Å². The number of aliphatic carboxylic acids is 1. The highest BCUT2D eigenvalue weighted by Crippen LogP contribution is 2.26. The SMILES string of the molecule is CCC(C)(C)[C@@H](O)CC(=O)O. The number of carboxylic acids is 1. The maximum atomic E-state index is 10.2. The molecule has 3 nitrogen and oxygen atoms in total. The first kappa shape index (κ1) is 10.4. The van der Waals surface area contributed by atoms with Crippen molar-refractivity contribution in [1.29, 1.82) is 0 Å². The zero-order valence-corrected chi connectivity index (χ0v) is 7.29. The Morgan fingerprint density at radius 2 is 2.00 bits per heavy atom. The zero-order valence-electron chi connectivity index (χ0n) is 7.29. The third-order valence-electron chi connectivity index (χ3n) is 2.18. The number of aliphatic hydroxyl groups excluding tert-OH is 1. The molecular weight excluding hydrogens is 144 g/mol. The molecule has 0 aromatic heterocycles. The molecule has 0 aliphatic rings. The fraction of sp³-hybridized carbons (Fsp3) is 0.875. The summed E-state index contributed by atoms with van der Waals surface area (Å²) in [5.41, 5.74) is -0.293. The van der Waals surface area contributed by atoms with Crippen molar-refractivity contribution >= 4 is 5.97 Å². The Hall–Kier alpha value is -0.570. The van der Waals surface area contributed by atoms with Crippen molar-refractivity contribution in [1.82, 2.24) is 0 Å². The molecule has 0 unspecified atom stereocenters. The smallest absolute Gasteiger partial charge is 0.305 e. The summed E-state index contributed by atoms with van der Waals surface area (Å²) in [5.74, 6) is -0.945. The fourth-order valence-corrected chi connectivity index (χ4v) is 0.677. The van der Waals surface area contributed by atoms with Gasteiger partial charge in [0.2, 0.25) is 0 Å². The summed E-state index contributed by atoms with van der Waals surface area (Å²) in [6.07, 6.45) is -0.132. The van der Waals surface area contributed by atoms with Crippen LogP contribution in [0.1, 0.15) is 33.6 Å². The highest BCUT2D eigenvalue weighted by atomic mass is 16.4. The summed E-state index contributed by atoms with van der Waals surface area (Å²) in [7, 11) is 0. The van der Waals surface area contributed by atoms with Crippen molar-refractivity contribution in [2.75, 3.05) is 0 Å². The van der Waals surface area contributed by atoms with Gasteiger partial charge in [-0.25, -0.2) is 0 Å². The summed E-state index contributed by atoms with van der Waals surface area (Å²) in [6, 6.07) is 0. The monoisotopic (exact) mass is 160 g/mol. The molecule has 0 fully saturated rings. The average Bonchev–Trinajstić information content (AvgIpc) is 1.86. The van der Waals surface area contributed by atoms with Gasteiger partial charge in [0, 0.05) is 0 Å². The number of rotatable bonds is 4. The van der Waals surface area contributed by atoms with Crippen LogP contribution in [0.3, 0.4) is 0 Å². The minimum atomic E-state index is -0.945. The van der Waals surface area contributed by atoms with E-state index < -0.39 is 12.1 Å². The second-order valence-electron chi connectivity index (χ2n) is 3.46. The van der Waals surface area contributed by atoms with Gasteiger partial charge in [-0.15, -0.1) is 0 Å². The Morgan fingerprint density at radius 3 is 2.27 bits per heavy atom. The van der Waals surface area contributed by atoms with Gasteiger partial charge in [0.15, 0.2) is 0 Å². The Balaban J connectivity index is 4.01. The van der Waals surface area contributed by atoms with Crippen LogP contribution in [0.4, 0.5) is 0 Å². The van der Waals surface area contributed by atoms with E-state index in [4.69, 9.17) is 5.11 Å². The third kappa shape index (κ3) is 3.37. The molecule has 66 valence electrons. The zero-order chi connectivity index (χ0) is 9.07. The summed E-state index contributed by atoms with van der Waals surface area (Å²) < 4.78 is 0. The van der Waals surface area contributed by atoms with E-state index in [1.54, 1.807) is 0 Å². The van der Waals surface area contributed by atoms with E-state index in [0.29, 0.717) is 0 Å². The number of carboxylic acid groups (broad SMARTS) is 1. The van der Waals surface area contributed by atoms with Crippen LogP contribution < -0.4 is 0 Å². The van der Waals surface area contributed by atoms with Gasteiger partial charge in [-0.1, -0.05) is 20.8 Å². The Labute approximate surface area is 67.0 Å². The molecule has 0 spiro atoms. The Kier molecular flexibility index (Phi) is 3.52. The summed E-state index contributed by atoms with van der Waals surface area (Å²) in [4.78, 5) is 10.2. The molecule has 0 bridgehead atoms. The lowest BCUT2D eigenvalue weighted by Gasteiger charge is -2.27. The van der Waals surface area contributed by atoms with Gasteiger partial charge < -0.3 is 10.2 Å². The Morgan fingerprint density at radius 1 is 1.55 bits per heavy atom. The molecule has 0 rings (SSSR count). The molecule has 0 aliphatic carbocycles. The van der Waals surface area contributed by atoms with Crippen LogP contribution in [-0.2, 0) is 4.79 Å². The van der Waals surface area contributed by atoms with Gasteiger partial charge in [-0.3, -0.25) is 4.79 Å². The number of hydrogen-bond acceptors (Lipinski definition) is 2. The van der Waals surface area contributed by atoms with Gasteiger partial charge in [0.25, 0.3) is 0 Å². The first-order chi connectivity index (χ1) is 4.90. The molecule has 0 aromatic rings. The lowest BCUT2D eigenvalue weighted by atomic mass is 9.82. The lowest BCUT2D eigenvalue weighted by Crippen LogP contribution is -2.30. The summed E-state index contributed by atoms with van der Waals surface area (Å²) in [5, 5.41) is 17.7. The van der Waals surface area contributed by atoms with E-state index >= 15 is 0 Å². The third-order valence-corrected chi connectivity index (χ3v) is 2.18. The standard InChI is InChI=1S/C8H16O3/c1-4-8(2,3)6(9)5-7(10)11/h6,9H,4-5H2,1-3H3,(H,10,11)/t6-/m0/s1. The van der Waals surface area contributed by atoms with Crippen LogP contribution in [0.2, 0.25) is 0 Å². The van der Waals surface area contributed by atoms with Crippen molar-refractivity contribution < 1.29 is 15.0 Å².